The van der Waals surface area contributed by atoms with E-state index in [9.17, 15) is 0 Å². The summed E-state index contributed by atoms with van der Waals surface area (Å²) in [5.41, 5.74) is 7.06. The molecule has 158 valence electrons. The quantitative estimate of drug-likeness (QED) is 0.335. The van der Waals surface area contributed by atoms with Crippen molar-refractivity contribution in [3.8, 4) is 28.5 Å². The number of aryl methyl sites for hydroxylation is 1. The third-order valence-corrected chi connectivity index (χ3v) is 6.00. The summed E-state index contributed by atoms with van der Waals surface area (Å²) in [7, 11) is 0. The minimum Gasteiger partial charge on any atom is -0.274 e. The summed E-state index contributed by atoms with van der Waals surface area (Å²) in [6, 6.07) is 23.1. The Hall–Kier alpha value is -2.85. The smallest absolute Gasteiger partial charge is 0.169 e. The highest BCUT2D eigenvalue weighted by molar-refractivity contribution is 7.80. The summed E-state index contributed by atoms with van der Waals surface area (Å²) in [6.07, 6.45) is 0. The zero-order valence-corrected chi connectivity index (χ0v) is 19.7. The van der Waals surface area contributed by atoms with Crippen molar-refractivity contribution in [3.63, 3.8) is 0 Å². The number of hydrogen-bond donors (Lipinski definition) is 1. The van der Waals surface area contributed by atoms with Crippen LogP contribution in [0, 0.1) is 6.92 Å². The average Bonchev–Trinajstić information content (AvgIpc) is 3.18. The number of rotatable bonds is 5. The number of thiol groups is 1. The van der Waals surface area contributed by atoms with E-state index in [1.165, 1.54) is 22.4 Å². The molecule has 3 nitrogen and oxygen atoms in total. The lowest BCUT2D eigenvalue weighted by molar-refractivity contribution is 0.807. The number of aromatic nitrogens is 3. The van der Waals surface area contributed by atoms with Gasteiger partial charge in [-0.2, -0.15) is 0 Å². The molecule has 0 fully saturated rings. The van der Waals surface area contributed by atoms with Crippen molar-refractivity contribution in [2.24, 2.45) is 0 Å². The van der Waals surface area contributed by atoms with Crippen LogP contribution in [0.25, 0.3) is 28.5 Å². The molecule has 4 rings (SSSR count). The van der Waals surface area contributed by atoms with Crippen LogP contribution in [0.4, 0.5) is 0 Å². The normalized spacial score (nSPS) is 11.5. The number of benzene rings is 3. The second-order valence-electron chi connectivity index (χ2n) is 8.64. The Morgan fingerprint density at radius 1 is 0.742 bits per heavy atom. The van der Waals surface area contributed by atoms with Crippen LogP contribution in [0.2, 0.25) is 0 Å². The summed E-state index contributed by atoms with van der Waals surface area (Å²) >= 11 is 4.57. The first kappa shape index (κ1) is 21.4. The first-order valence-corrected chi connectivity index (χ1v) is 11.3. The van der Waals surface area contributed by atoms with Gasteiger partial charge in [-0.05, 0) is 47.6 Å². The number of hydrogen-bond acceptors (Lipinski definition) is 3. The van der Waals surface area contributed by atoms with Crippen LogP contribution >= 0.6 is 12.6 Å². The molecular formula is C27H29N3S. The van der Waals surface area contributed by atoms with Gasteiger partial charge in [-0.1, -0.05) is 82.3 Å². The first-order valence-electron chi connectivity index (χ1n) is 10.8. The molecular weight excluding hydrogens is 398 g/mol. The molecule has 0 bridgehead atoms. The van der Waals surface area contributed by atoms with Crippen molar-refractivity contribution in [3.05, 3.63) is 83.4 Å². The third-order valence-electron chi connectivity index (χ3n) is 5.72. The molecule has 0 saturated heterocycles. The molecule has 0 aliphatic carbocycles. The highest BCUT2D eigenvalue weighted by Gasteiger charge is 2.24. The predicted octanol–water partition coefficient (Wildman–Crippen LogP) is 7.45. The molecule has 3 aromatic carbocycles. The van der Waals surface area contributed by atoms with Gasteiger partial charge in [0, 0.05) is 16.0 Å². The molecule has 0 aliphatic heterocycles. The molecule has 0 N–H and O–H groups in total. The maximum Gasteiger partial charge on any atom is 0.169 e. The largest absolute Gasteiger partial charge is 0.274 e. The van der Waals surface area contributed by atoms with Gasteiger partial charge in [0.05, 0.1) is 5.69 Å². The second kappa shape index (κ2) is 8.72. The van der Waals surface area contributed by atoms with Gasteiger partial charge < -0.3 is 0 Å². The highest BCUT2D eigenvalue weighted by atomic mass is 32.1. The summed E-state index contributed by atoms with van der Waals surface area (Å²) < 4.78 is 2.26. The zero-order chi connectivity index (χ0) is 22.1. The average molecular weight is 428 g/mol. The molecule has 0 saturated carbocycles. The van der Waals surface area contributed by atoms with Crippen molar-refractivity contribution in [1.29, 1.82) is 0 Å². The van der Waals surface area contributed by atoms with Crippen LogP contribution in [-0.4, -0.2) is 14.8 Å². The van der Waals surface area contributed by atoms with Crippen LogP contribution in [0.3, 0.4) is 0 Å². The van der Waals surface area contributed by atoms with Crippen LogP contribution in [0.1, 0.15) is 56.2 Å². The molecule has 1 heterocycles. The van der Waals surface area contributed by atoms with E-state index in [-0.39, 0.29) is 0 Å². The Bertz CT molecular complexity index is 1190. The fraction of sp³-hybridized carbons (Fsp3) is 0.259. The van der Waals surface area contributed by atoms with E-state index in [0.29, 0.717) is 11.8 Å². The number of para-hydroxylation sites is 1. The predicted molar refractivity (Wildman–Crippen MR) is 132 cm³/mol. The maximum absolute atomic E-state index is 4.72. The first-order chi connectivity index (χ1) is 14.9. The highest BCUT2D eigenvalue weighted by Crippen LogP contribution is 2.37. The van der Waals surface area contributed by atoms with Crippen molar-refractivity contribution in [2.45, 2.75) is 51.3 Å². The van der Waals surface area contributed by atoms with Gasteiger partial charge in [-0.3, -0.25) is 4.57 Å². The lowest BCUT2D eigenvalue weighted by atomic mass is 9.92. The van der Waals surface area contributed by atoms with Crippen molar-refractivity contribution < 1.29 is 0 Å². The van der Waals surface area contributed by atoms with Gasteiger partial charge in [-0.15, -0.1) is 22.8 Å². The molecule has 0 unspecified atom stereocenters. The molecule has 0 spiro atoms. The van der Waals surface area contributed by atoms with Gasteiger partial charge in [0.1, 0.15) is 0 Å². The van der Waals surface area contributed by atoms with Crippen molar-refractivity contribution in [2.75, 3.05) is 0 Å². The molecule has 1 aromatic heterocycles. The van der Waals surface area contributed by atoms with E-state index in [0.717, 1.165) is 27.7 Å². The summed E-state index contributed by atoms with van der Waals surface area (Å²) in [5, 5.41) is 9.42. The zero-order valence-electron chi connectivity index (χ0n) is 18.8. The SMILES string of the molecule is Cc1ccccc1-c1nnc(-c2cccc(S)c2)n1-c1c(C(C)C)cccc1C(C)C. The van der Waals surface area contributed by atoms with Gasteiger partial charge in [-0.25, -0.2) is 0 Å². The van der Waals surface area contributed by atoms with Crippen LogP contribution in [0.15, 0.2) is 71.6 Å². The Labute approximate surface area is 190 Å². The minimum atomic E-state index is 0.366. The molecule has 0 atom stereocenters. The van der Waals surface area contributed by atoms with E-state index in [4.69, 9.17) is 10.2 Å². The summed E-state index contributed by atoms with van der Waals surface area (Å²) in [5.74, 6) is 2.44. The lowest BCUT2D eigenvalue weighted by Gasteiger charge is -2.23. The van der Waals surface area contributed by atoms with Crippen LogP contribution in [0.5, 0.6) is 0 Å². The minimum absolute atomic E-state index is 0.366. The Balaban J connectivity index is 2.13. The summed E-state index contributed by atoms with van der Waals surface area (Å²) in [6.45, 7) is 11.1. The molecule has 0 amide bonds. The second-order valence-corrected chi connectivity index (χ2v) is 9.16. The molecule has 4 heteroatoms. The van der Waals surface area contributed by atoms with E-state index >= 15 is 0 Å². The lowest BCUT2D eigenvalue weighted by Crippen LogP contribution is -2.10. The van der Waals surface area contributed by atoms with E-state index in [1.807, 2.05) is 12.1 Å². The van der Waals surface area contributed by atoms with Gasteiger partial charge in [0.2, 0.25) is 0 Å². The Morgan fingerprint density at radius 2 is 1.35 bits per heavy atom. The fourth-order valence-corrected chi connectivity index (χ4v) is 4.32. The van der Waals surface area contributed by atoms with Crippen molar-refractivity contribution in [1.82, 2.24) is 14.8 Å². The summed E-state index contributed by atoms with van der Waals surface area (Å²) in [4.78, 5) is 0.908. The van der Waals surface area contributed by atoms with Gasteiger partial charge in [0.15, 0.2) is 11.6 Å². The van der Waals surface area contributed by atoms with E-state index < -0.39 is 0 Å². The molecule has 0 aliphatic rings. The van der Waals surface area contributed by atoms with E-state index in [2.05, 4.69) is 106 Å². The van der Waals surface area contributed by atoms with Crippen LogP contribution in [-0.2, 0) is 0 Å². The van der Waals surface area contributed by atoms with Crippen LogP contribution < -0.4 is 0 Å². The van der Waals surface area contributed by atoms with E-state index in [1.54, 1.807) is 0 Å². The molecule has 31 heavy (non-hydrogen) atoms. The Morgan fingerprint density at radius 3 is 1.97 bits per heavy atom. The maximum atomic E-state index is 4.72. The fourth-order valence-electron chi connectivity index (χ4n) is 4.10. The third kappa shape index (κ3) is 4.05. The molecule has 0 radical (unpaired) electrons. The number of nitrogens with zero attached hydrogens (tertiary/aromatic N) is 3. The topological polar surface area (TPSA) is 30.7 Å². The standard InChI is InChI=1S/C27H29N3S/c1-17(2)22-14-9-15-23(18(3)4)25(22)30-26(20-11-8-12-21(31)16-20)28-29-27(30)24-13-7-6-10-19(24)5/h6-18,31H,1-5H3. The van der Waals surface area contributed by atoms with Gasteiger partial charge >= 0.3 is 0 Å². The molecule has 4 aromatic rings. The Kier molecular flexibility index (Phi) is 6.01. The van der Waals surface area contributed by atoms with Crippen molar-refractivity contribution >= 4 is 12.6 Å². The monoisotopic (exact) mass is 427 g/mol. The van der Waals surface area contributed by atoms with Gasteiger partial charge in [0.25, 0.3) is 0 Å².